The number of aliphatic hydroxyl groups excluding tert-OH is 1. The first-order valence-corrected chi connectivity index (χ1v) is 8.47. The number of carbonyl (C=O) groups excluding carboxylic acids is 2. The third kappa shape index (κ3) is 2.68. The molecule has 2 fully saturated rings. The molecule has 26 heavy (non-hydrogen) atoms. The van der Waals surface area contributed by atoms with Gasteiger partial charge in [0.25, 0.3) is 0 Å². The van der Waals surface area contributed by atoms with Gasteiger partial charge in [-0.25, -0.2) is 4.90 Å². The standard InChI is InChI=1S/C20H19NO5/c22-11-20-12-25-18(16(23)14-7-3-1-4-8-14)21(20)19(26-13-20)17(24)15-9-5-2-6-10-15/h1-10,18-19,22H,11-13H2/t18-,19+,20?. The molecule has 6 nitrogen and oxygen atoms in total. The Hall–Kier alpha value is -2.38. The maximum atomic E-state index is 12.9. The van der Waals surface area contributed by atoms with Gasteiger partial charge in [-0.2, -0.15) is 0 Å². The maximum Gasteiger partial charge on any atom is 0.206 e. The van der Waals surface area contributed by atoms with Crippen LogP contribution in [0.15, 0.2) is 60.7 Å². The molecule has 0 radical (unpaired) electrons. The number of hydrogen-bond acceptors (Lipinski definition) is 6. The Morgan fingerprint density at radius 2 is 1.31 bits per heavy atom. The van der Waals surface area contributed by atoms with Crippen LogP contribution in [0.4, 0.5) is 0 Å². The third-order valence-corrected chi connectivity index (χ3v) is 4.93. The summed E-state index contributed by atoms with van der Waals surface area (Å²) in [6, 6.07) is 17.6. The monoisotopic (exact) mass is 353 g/mol. The van der Waals surface area contributed by atoms with Crippen LogP contribution in [0.25, 0.3) is 0 Å². The minimum absolute atomic E-state index is 0.130. The second-order valence-electron chi connectivity index (χ2n) is 6.58. The van der Waals surface area contributed by atoms with Gasteiger partial charge in [0.1, 0.15) is 0 Å². The largest absolute Gasteiger partial charge is 0.394 e. The molecule has 2 saturated heterocycles. The van der Waals surface area contributed by atoms with Crippen LogP contribution in [-0.2, 0) is 9.47 Å². The van der Waals surface area contributed by atoms with Crippen LogP contribution >= 0.6 is 0 Å². The highest BCUT2D eigenvalue weighted by atomic mass is 16.6. The molecular weight excluding hydrogens is 334 g/mol. The number of nitrogens with zero attached hydrogens (tertiary/aromatic N) is 1. The Kier molecular flexibility index (Phi) is 4.42. The summed E-state index contributed by atoms with van der Waals surface area (Å²) in [4.78, 5) is 27.5. The average molecular weight is 353 g/mol. The van der Waals surface area contributed by atoms with Gasteiger partial charge >= 0.3 is 0 Å². The van der Waals surface area contributed by atoms with Gasteiger partial charge in [0.05, 0.1) is 25.4 Å². The lowest BCUT2D eigenvalue weighted by Crippen LogP contribution is -2.55. The van der Waals surface area contributed by atoms with Crippen molar-refractivity contribution in [3.05, 3.63) is 71.8 Å². The zero-order valence-corrected chi connectivity index (χ0v) is 14.1. The molecule has 0 saturated carbocycles. The van der Waals surface area contributed by atoms with Gasteiger partial charge in [0.2, 0.25) is 11.6 Å². The molecule has 2 aromatic rings. The molecule has 0 amide bonds. The normalized spacial score (nSPS) is 28.0. The number of ketones is 2. The SMILES string of the molecule is O=C(c1ccccc1)[C@H]1OCC2(CO)CO[C@@H](C(=O)c3ccccc3)N12. The van der Waals surface area contributed by atoms with E-state index in [-0.39, 0.29) is 31.4 Å². The van der Waals surface area contributed by atoms with Crippen molar-refractivity contribution in [3.63, 3.8) is 0 Å². The number of rotatable bonds is 5. The molecule has 2 aromatic carbocycles. The molecule has 2 aliphatic rings. The van der Waals surface area contributed by atoms with Gasteiger partial charge in [-0.3, -0.25) is 9.59 Å². The molecule has 6 heteroatoms. The van der Waals surface area contributed by atoms with Crippen molar-refractivity contribution in [2.24, 2.45) is 0 Å². The fraction of sp³-hybridized carbons (Fsp3) is 0.300. The van der Waals surface area contributed by atoms with Crippen LogP contribution < -0.4 is 0 Å². The number of hydrogen-bond donors (Lipinski definition) is 1. The smallest absolute Gasteiger partial charge is 0.206 e. The van der Waals surface area contributed by atoms with Crippen LogP contribution in [-0.4, -0.2) is 59.4 Å². The van der Waals surface area contributed by atoms with Crippen LogP contribution in [0.1, 0.15) is 20.7 Å². The molecule has 134 valence electrons. The second kappa shape index (κ2) is 6.74. The first kappa shape index (κ1) is 17.1. The lowest BCUT2D eigenvalue weighted by molar-refractivity contribution is -0.0319. The van der Waals surface area contributed by atoms with E-state index in [9.17, 15) is 14.7 Å². The quantitative estimate of drug-likeness (QED) is 0.821. The van der Waals surface area contributed by atoms with Crippen LogP contribution in [0.3, 0.4) is 0 Å². The summed E-state index contributed by atoms with van der Waals surface area (Å²) in [7, 11) is 0. The van der Waals surface area contributed by atoms with Crippen molar-refractivity contribution < 1.29 is 24.2 Å². The number of carbonyl (C=O) groups is 2. The highest BCUT2D eigenvalue weighted by molar-refractivity contribution is 6.02. The van der Waals surface area contributed by atoms with Crippen molar-refractivity contribution in [3.8, 4) is 0 Å². The summed E-state index contributed by atoms with van der Waals surface area (Å²) in [6.45, 7) is 0.000753. The fourth-order valence-electron chi connectivity index (χ4n) is 3.51. The Labute approximate surface area is 151 Å². The first-order chi connectivity index (χ1) is 12.7. The van der Waals surface area contributed by atoms with E-state index in [4.69, 9.17) is 9.47 Å². The van der Waals surface area contributed by atoms with Gasteiger partial charge in [-0.05, 0) is 0 Å². The Morgan fingerprint density at radius 3 is 1.69 bits per heavy atom. The summed E-state index contributed by atoms with van der Waals surface area (Å²) in [5.41, 5.74) is 0.0950. The van der Waals surface area contributed by atoms with Gasteiger partial charge < -0.3 is 14.6 Å². The van der Waals surface area contributed by atoms with E-state index >= 15 is 0 Å². The first-order valence-electron chi connectivity index (χ1n) is 8.47. The van der Waals surface area contributed by atoms with E-state index in [1.165, 1.54) is 0 Å². The van der Waals surface area contributed by atoms with Crippen LogP contribution in [0.2, 0.25) is 0 Å². The summed E-state index contributed by atoms with van der Waals surface area (Å²) in [5.74, 6) is -0.505. The number of fused-ring (bicyclic) bond motifs is 1. The molecule has 3 atom stereocenters. The Morgan fingerprint density at radius 1 is 0.885 bits per heavy atom. The van der Waals surface area contributed by atoms with Crippen molar-refractivity contribution in [2.75, 3.05) is 19.8 Å². The van der Waals surface area contributed by atoms with Crippen LogP contribution in [0.5, 0.6) is 0 Å². The van der Waals surface area contributed by atoms with Crippen LogP contribution in [0, 0.1) is 0 Å². The third-order valence-electron chi connectivity index (χ3n) is 4.93. The van der Waals surface area contributed by atoms with Gasteiger partial charge in [-0.1, -0.05) is 60.7 Å². The average Bonchev–Trinajstić information content (AvgIpc) is 3.26. The summed E-state index contributed by atoms with van der Waals surface area (Å²) in [5, 5.41) is 9.94. The summed E-state index contributed by atoms with van der Waals surface area (Å²) < 4.78 is 11.5. The van der Waals surface area contributed by atoms with Crippen molar-refractivity contribution >= 4 is 11.6 Å². The fourth-order valence-corrected chi connectivity index (χ4v) is 3.51. The highest BCUT2D eigenvalue weighted by Gasteiger charge is 2.59. The Balaban J connectivity index is 1.67. The van der Waals surface area contributed by atoms with Crippen molar-refractivity contribution in [2.45, 2.75) is 18.0 Å². The van der Waals surface area contributed by atoms with E-state index in [1.54, 1.807) is 53.4 Å². The number of ether oxygens (including phenoxy) is 2. The number of benzene rings is 2. The van der Waals surface area contributed by atoms with E-state index in [0.717, 1.165) is 0 Å². The van der Waals surface area contributed by atoms with Crippen molar-refractivity contribution in [1.29, 1.82) is 0 Å². The molecule has 0 aliphatic carbocycles. The minimum atomic E-state index is -0.968. The highest BCUT2D eigenvalue weighted by Crippen LogP contribution is 2.38. The van der Waals surface area contributed by atoms with E-state index in [1.807, 2.05) is 12.1 Å². The molecule has 0 aromatic heterocycles. The molecule has 2 aliphatic heterocycles. The van der Waals surface area contributed by atoms with Gasteiger partial charge in [0.15, 0.2) is 12.5 Å². The molecule has 0 bridgehead atoms. The lowest BCUT2D eigenvalue weighted by Gasteiger charge is -2.31. The van der Waals surface area contributed by atoms with Gasteiger partial charge in [0, 0.05) is 11.1 Å². The zero-order chi connectivity index (χ0) is 18.1. The van der Waals surface area contributed by atoms with E-state index in [0.29, 0.717) is 11.1 Å². The predicted octanol–water partition coefficient (Wildman–Crippen LogP) is 1.50. The molecular formula is C20H19NO5. The topological polar surface area (TPSA) is 76.1 Å². The molecule has 1 unspecified atom stereocenters. The predicted molar refractivity (Wildman–Crippen MR) is 92.7 cm³/mol. The zero-order valence-electron chi connectivity index (χ0n) is 14.1. The Bertz CT molecular complexity index is 744. The molecule has 4 rings (SSSR count). The number of aliphatic hydroxyl groups is 1. The maximum absolute atomic E-state index is 12.9. The summed E-state index contributed by atoms with van der Waals surface area (Å²) >= 11 is 0. The molecule has 1 N–H and O–H groups in total. The van der Waals surface area contributed by atoms with E-state index in [2.05, 4.69) is 0 Å². The molecule has 0 spiro atoms. The van der Waals surface area contributed by atoms with Gasteiger partial charge in [-0.15, -0.1) is 0 Å². The van der Waals surface area contributed by atoms with E-state index < -0.39 is 18.0 Å². The second-order valence-corrected chi connectivity index (χ2v) is 6.58. The number of Topliss-reactive ketones (excluding diaryl/α,β-unsaturated/α-hetero) is 2. The lowest BCUT2D eigenvalue weighted by atomic mass is 10.0. The summed E-state index contributed by atoms with van der Waals surface area (Å²) in [6.07, 6.45) is -1.94. The van der Waals surface area contributed by atoms with Crippen molar-refractivity contribution in [1.82, 2.24) is 4.90 Å². The molecule has 2 heterocycles. The minimum Gasteiger partial charge on any atom is -0.394 e.